The first-order valence-corrected chi connectivity index (χ1v) is 6.79. The number of hydrogen-bond donors (Lipinski definition) is 1. The molecule has 1 unspecified atom stereocenters. The first kappa shape index (κ1) is 17.4. The average molecular weight is 297 g/mol. The summed E-state index contributed by atoms with van der Waals surface area (Å²) in [4.78, 5) is 11.2. The van der Waals surface area contributed by atoms with Crippen molar-refractivity contribution >= 4 is 5.97 Å². The number of benzene rings is 1. The number of methoxy groups -OCH3 is 2. The Balaban J connectivity index is 2.28. The fraction of sp³-hybridized carbons (Fsp3) is 0.533. The molecule has 0 spiro atoms. The van der Waals surface area contributed by atoms with Gasteiger partial charge in [0.2, 0.25) is 0 Å². The van der Waals surface area contributed by atoms with Crippen LogP contribution in [0.4, 0.5) is 0 Å². The van der Waals surface area contributed by atoms with Crippen molar-refractivity contribution in [3.63, 3.8) is 0 Å². The van der Waals surface area contributed by atoms with Crippen LogP contribution in [0, 0.1) is 0 Å². The number of carbonyl (C=O) groups is 1. The second kappa shape index (κ2) is 10.1. The number of hydrogen-bond acceptors (Lipinski definition) is 6. The summed E-state index contributed by atoms with van der Waals surface area (Å²) in [6.45, 7) is 2.13. The molecule has 0 amide bonds. The largest absolute Gasteiger partial charge is 0.491 e. The third kappa shape index (κ3) is 7.08. The quantitative estimate of drug-likeness (QED) is 0.507. The van der Waals surface area contributed by atoms with Gasteiger partial charge in [0, 0.05) is 7.11 Å². The van der Waals surface area contributed by atoms with Crippen molar-refractivity contribution in [2.24, 2.45) is 5.73 Å². The van der Waals surface area contributed by atoms with Crippen LogP contribution in [0.25, 0.3) is 0 Å². The molecule has 0 aliphatic carbocycles. The van der Waals surface area contributed by atoms with E-state index in [0.29, 0.717) is 32.8 Å². The fourth-order valence-electron chi connectivity index (χ4n) is 1.67. The minimum Gasteiger partial charge on any atom is -0.491 e. The third-order valence-corrected chi connectivity index (χ3v) is 2.81. The number of nitrogens with two attached hydrogens (primary N) is 1. The molecule has 0 aromatic heterocycles. The molecule has 1 aromatic carbocycles. The van der Waals surface area contributed by atoms with Crippen LogP contribution in [0.15, 0.2) is 24.3 Å². The highest BCUT2D eigenvalue weighted by atomic mass is 16.5. The smallest absolute Gasteiger partial charge is 0.322 e. The number of ether oxygens (including phenoxy) is 4. The molecule has 0 aliphatic heterocycles. The lowest BCUT2D eigenvalue weighted by Gasteiger charge is -2.10. The van der Waals surface area contributed by atoms with E-state index >= 15 is 0 Å². The molecular weight excluding hydrogens is 274 g/mol. The summed E-state index contributed by atoms with van der Waals surface area (Å²) in [5.41, 5.74) is 6.66. The van der Waals surface area contributed by atoms with Crippen molar-refractivity contribution in [3.05, 3.63) is 29.8 Å². The standard InChI is InChI=1S/C15H23NO5/c1-18-7-8-20-9-10-21-13-5-3-12(4-6-13)11-14(16)15(17)19-2/h3-6,14H,7-11,16H2,1-2H3. The number of rotatable bonds is 10. The summed E-state index contributed by atoms with van der Waals surface area (Å²) < 4.78 is 20.3. The maximum Gasteiger partial charge on any atom is 0.322 e. The van der Waals surface area contributed by atoms with Crippen molar-refractivity contribution < 1.29 is 23.7 Å². The van der Waals surface area contributed by atoms with Gasteiger partial charge in [-0.05, 0) is 24.1 Å². The Morgan fingerprint density at radius 2 is 1.76 bits per heavy atom. The van der Waals surface area contributed by atoms with Gasteiger partial charge in [-0.1, -0.05) is 12.1 Å². The van der Waals surface area contributed by atoms with E-state index in [0.717, 1.165) is 11.3 Å². The van der Waals surface area contributed by atoms with Crippen molar-refractivity contribution in [2.45, 2.75) is 12.5 Å². The van der Waals surface area contributed by atoms with E-state index in [4.69, 9.17) is 19.9 Å². The minimum atomic E-state index is -0.643. The van der Waals surface area contributed by atoms with Gasteiger partial charge in [-0.2, -0.15) is 0 Å². The highest BCUT2D eigenvalue weighted by Crippen LogP contribution is 2.13. The van der Waals surface area contributed by atoms with Crippen LogP contribution in [-0.2, 0) is 25.4 Å². The molecule has 21 heavy (non-hydrogen) atoms. The van der Waals surface area contributed by atoms with Gasteiger partial charge < -0.3 is 24.7 Å². The summed E-state index contributed by atoms with van der Waals surface area (Å²) in [6, 6.07) is 6.80. The summed E-state index contributed by atoms with van der Waals surface area (Å²) in [7, 11) is 2.96. The monoisotopic (exact) mass is 297 g/mol. The Hall–Kier alpha value is -1.63. The van der Waals surface area contributed by atoms with E-state index in [2.05, 4.69) is 4.74 Å². The van der Waals surface area contributed by atoms with Gasteiger partial charge in [-0.25, -0.2) is 0 Å². The lowest BCUT2D eigenvalue weighted by atomic mass is 10.1. The summed E-state index contributed by atoms with van der Waals surface area (Å²) in [5.74, 6) is 0.337. The SMILES string of the molecule is COCCOCCOc1ccc(CC(N)C(=O)OC)cc1. The van der Waals surface area contributed by atoms with Crippen molar-refractivity contribution in [3.8, 4) is 5.75 Å². The topological polar surface area (TPSA) is 80.0 Å². The second-order valence-corrected chi connectivity index (χ2v) is 4.43. The molecule has 6 nitrogen and oxygen atoms in total. The predicted molar refractivity (Wildman–Crippen MR) is 78.3 cm³/mol. The Kier molecular flexibility index (Phi) is 8.42. The summed E-state index contributed by atoms with van der Waals surface area (Å²) >= 11 is 0. The highest BCUT2D eigenvalue weighted by Gasteiger charge is 2.13. The zero-order valence-corrected chi connectivity index (χ0v) is 12.5. The Morgan fingerprint density at radius 3 is 2.38 bits per heavy atom. The molecule has 0 saturated heterocycles. The van der Waals surface area contributed by atoms with Crippen LogP contribution in [0.1, 0.15) is 5.56 Å². The van der Waals surface area contributed by atoms with E-state index in [1.807, 2.05) is 24.3 Å². The van der Waals surface area contributed by atoms with Gasteiger partial charge >= 0.3 is 5.97 Å². The maximum atomic E-state index is 11.2. The van der Waals surface area contributed by atoms with Gasteiger partial charge in [-0.3, -0.25) is 4.79 Å². The van der Waals surface area contributed by atoms with Crippen LogP contribution < -0.4 is 10.5 Å². The molecule has 2 N–H and O–H groups in total. The number of carbonyl (C=O) groups excluding carboxylic acids is 1. The van der Waals surface area contributed by atoms with E-state index in [-0.39, 0.29) is 0 Å². The Labute approximate surface area is 125 Å². The third-order valence-electron chi connectivity index (χ3n) is 2.81. The molecule has 0 bridgehead atoms. The zero-order valence-electron chi connectivity index (χ0n) is 12.5. The second-order valence-electron chi connectivity index (χ2n) is 4.43. The van der Waals surface area contributed by atoms with Crippen LogP contribution in [0.3, 0.4) is 0 Å². The van der Waals surface area contributed by atoms with Gasteiger partial charge in [-0.15, -0.1) is 0 Å². The molecule has 0 fully saturated rings. The summed E-state index contributed by atoms with van der Waals surface area (Å²) in [6.07, 6.45) is 0.438. The van der Waals surface area contributed by atoms with Crippen LogP contribution >= 0.6 is 0 Å². The van der Waals surface area contributed by atoms with Crippen molar-refractivity contribution in [1.82, 2.24) is 0 Å². The van der Waals surface area contributed by atoms with Crippen LogP contribution in [0.2, 0.25) is 0 Å². The zero-order chi connectivity index (χ0) is 15.5. The van der Waals surface area contributed by atoms with Gasteiger partial charge in [0.05, 0.1) is 26.9 Å². The first-order valence-electron chi connectivity index (χ1n) is 6.79. The van der Waals surface area contributed by atoms with Gasteiger partial charge in [0.25, 0.3) is 0 Å². The van der Waals surface area contributed by atoms with E-state index in [1.165, 1.54) is 7.11 Å². The molecule has 0 saturated carbocycles. The van der Waals surface area contributed by atoms with Crippen molar-refractivity contribution in [2.75, 3.05) is 40.6 Å². The van der Waals surface area contributed by atoms with E-state index in [1.54, 1.807) is 7.11 Å². The minimum absolute atomic E-state index is 0.413. The van der Waals surface area contributed by atoms with Crippen molar-refractivity contribution in [1.29, 1.82) is 0 Å². The van der Waals surface area contributed by atoms with Gasteiger partial charge in [0.15, 0.2) is 0 Å². The molecule has 0 radical (unpaired) electrons. The molecule has 1 aromatic rings. The van der Waals surface area contributed by atoms with E-state index in [9.17, 15) is 4.79 Å². The van der Waals surface area contributed by atoms with Crippen LogP contribution in [0.5, 0.6) is 5.75 Å². The molecule has 1 atom stereocenters. The Morgan fingerprint density at radius 1 is 1.10 bits per heavy atom. The molecule has 1 rings (SSSR count). The molecule has 0 heterocycles. The summed E-state index contributed by atoms with van der Waals surface area (Å²) in [5, 5.41) is 0. The van der Waals surface area contributed by atoms with Crippen LogP contribution in [-0.4, -0.2) is 52.7 Å². The lowest BCUT2D eigenvalue weighted by molar-refractivity contribution is -0.142. The first-order chi connectivity index (χ1) is 10.2. The normalized spacial score (nSPS) is 12.0. The predicted octanol–water partition coefficient (Wildman–Crippen LogP) is 0.771. The lowest BCUT2D eigenvalue weighted by Crippen LogP contribution is -2.33. The molecule has 6 heteroatoms. The molecular formula is C15H23NO5. The average Bonchev–Trinajstić information content (AvgIpc) is 2.51. The van der Waals surface area contributed by atoms with Gasteiger partial charge in [0.1, 0.15) is 18.4 Å². The fourth-order valence-corrected chi connectivity index (χ4v) is 1.67. The Bertz CT molecular complexity index is 407. The highest BCUT2D eigenvalue weighted by molar-refractivity contribution is 5.75. The van der Waals surface area contributed by atoms with E-state index < -0.39 is 12.0 Å². The maximum absolute atomic E-state index is 11.2. The molecule has 0 aliphatic rings. The number of esters is 1. The molecule has 118 valence electrons.